The van der Waals surface area contributed by atoms with Crippen LogP contribution in [0.2, 0.25) is 0 Å². The van der Waals surface area contributed by atoms with Crippen molar-refractivity contribution in [1.82, 2.24) is 5.32 Å². The van der Waals surface area contributed by atoms with Crippen LogP contribution in [0.25, 0.3) is 6.08 Å². The standard InChI is InChI=1S/C29H25BrN2O4/c1-3-8-22-15-21(17-25(30)26(22)36-18-20-9-6-5-7-10-20)16-24-27(33)31-29(35)32(28(24)34)23-13-11-19(4-2)12-14-23/h3,5-7,9-17H,1,4,8,18H2,2H3,(H,31,33,35)/b24-16-. The molecule has 0 aromatic heterocycles. The first kappa shape index (κ1) is 25.1. The topological polar surface area (TPSA) is 75.7 Å². The molecule has 0 aliphatic carbocycles. The molecule has 182 valence electrons. The molecule has 0 unspecified atom stereocenters. The van der Waals surface area contributed by atoms with E-state index in [-0.39, 0.29) is 5.57 Å². The fraction of sp³-hybridized carbons (Fsp3) is 0.138. The van der Waals surface area contributed by atoms with Crippen LogP contribution < -0.4 is 15.0 Å². The molecule has 0 bridgehead atoms. The molecule has 7 heteroatoms. The molecule has 0 spiro atoms. The van der Waals surface area contributed by atoms with Gasteiger partial charge in [0.15, 0.2) is 0 Å². The monoisotopic (exact) mass is 544 g/mol. The zero-order valence-corrected chi connectivity index (χ0v) is 21.4. The van der Waals surface area contributed by atoms with Gasteiger partial charge in [-0.05, 0) is 81.4 Å². The van der Waals surface area contributed by atoms with E-state index in [1.807, 2.05) is 55.5 Å². The van der Waals surface area contributed by atoms with Crippen LogP contribution in [-0.4, -0.2) is 17.8 Å². The van der Waals surface area contributed by atoms with Gasteiger partial charge in [-0.15, -0.1) is 6.58 Å². The molecule has 0 radical (unpaired) electrons. The van der Waals surface area contributed by atoms with Crippen molar-refractivity contribution in [2.24, 2.45) is 0 Å². The Morgan fingerprint density at radius 3 is 2.39 bits per heavy atom. The van der Waals surface area contributed by atoms with E-state index in [1.165, 1.54) is 6.08 Å². The number of allylic oxidation sites excluding steroid dienone is 1. The molecule has 1 aliphatic rings. The van der Waals surface area contributed by atoms with Gasteiger partial charge in [-0.25, -0.2) is 9.69 Å². The molecule has 6 nitrogen and oxygen atoms in total. The number of rotatable bonds is 8. The summed E-state index contributed by atoms with van der Waals surface area (Å²) in [5.41, 5.74) is 3.81. The number of hydrogen-bond acceptors (Lipinski definition) is 4. The largest absolute Gasteiger partial charge is 0.487 e. The van der Waals surface area contributed by atoms with Gasteiger partial charge in [0, 0.05) is 0 Å². The van der Waals surface area contributed by atoms with E-state index in [0.29, 0.717) is 34.5 Å². The minimum atomic E-state index is -0.774. The van der Waals surface area contributed by atoms with Crippen molar-refractivity contribution in [2.45, 2.75) is 26.4 Å². The number of imide groups is 2. The summed E-state index contributed by atoms with van der Waals surface area (Å²) in [7, 11) is 0. The van der Waals surface area contributed by atoms with Crippen LogP contribution in [0.15, 0.2) is 89.4 Å². The predicted molar refractivity (Wildman–Crippen MR) is 144 cm³/mol. The highest BCUT2D eigenvalue weighted by Gasteiger charge is 2.36. The van der Waals surface area contributed by atoms with Gasteiger partial charge in [-0.1, -0.05) is 55.5 Å². The molecule has 3 aromatic rings. The number of urea groups is 1. The van der Waals surface area contributed by atoms with E-state index in [9.17, 15) is 14.4 Å². The molecule has 1 aliphatic heterocycles. The third kappa shape index (κ3) is 5.47. The number of anilines is 1. The first-order valence-electron chi connectivity index (χ1n) is 11.5. The van der Waals surface area contributed by atoms with Crippen LogP contribution in [0.5, 0.6) is 5.75 Å². The molecule has 3 aromatic carbocycles. The van der Waals surface area contributed by atoms with Crippen molar-refractivity contribution in [2.75, 3.05) is 4.90 Å². The number of barbiturate groups is 1. The zero-order chi connectivity index (χ0) is 25.7. The van der Waals surface area contributed by atoms with Gasteiger partial charge < -0.3 is 4.74 Å². The summed E-state index contributed by atoms with van der Waals surface area (Å²) in [4.78, 5) is 39.4. The summed E-state index contributed by atoms with van der Waals surface area (Å²) in [6.07, 6.45) is 4.59. The first-order valence-corrected chi connectivity index (χ1v) is 12.3. The van der Waals surface area contributed by atoms with Crippen molar-refractivity contribution >= 4 is 45.5 Å². The number of nitrogens with zero attached hydrogens (tertiary/aromatic N) is 1. The van der Waals surface area contributed by atoms with E-state index < -0.39 is 17.8 Å². The maximum absolute atomic E-state index is 13.3. The van der Waals surface area contributed by atoms with E-state index in [1.54, 1.807) is 24.3 Å². The molecule has 4 amide bonds. The number of carbonyl (C=O) groups is 3. The average molecular weight is 545 g/mol. The Bertz CT molecular complexity index is 1350. The summed E-state index contributed by atoms with van der Waals surface area (Å²) in [6.45, 7) is 6.24. The number of halogens is 1. The number of benzene rings is 3. The highest BCUT2D eigenvalue weighted by atomic mass is 79.9. The fourth-order valence-electron chi connectivity index (χ4n) is 3.89. The van der Waals surface area contributed by atoms with Crippen LogP contribution in [0.3, 0.4) is 0 Å². The highest BCUT2D eigenvalue weighted by Crippen LogP contribution is 2.33. The van der Waals surface area contributed by atoms with Crippen molar-refractivity contribution in [3.8, 4) is 5.75 Å². The van der Waals surface area contributed by atoms with E-state index in [4.69, 9.17) is 4.74 Å². The lowest BCUT2D eigenvalue weighted by atomic mass is 10.0. The smallest absolute Gasteiger partial charge is 0.335 e. The number of aryl methyl sites for hydroxylation is 1. The highest BCUT2D eigenvalue weighted by molar-refractivity contribution is 9.10. The second-order valence-electron chi connectivity index (χ2n) is 8.24. The normalized spacial score (nSPS) is 14.7. The molecule has 4 rings (SSSR count). The second kappa shape index (κ2) is 11.2. The second-order valence-corrected chi connectivity index (χ2v) is 9.09. The third-order valence-corrected chi connectivity index (χ3v) is 6.34. The van der Waals surface area contributed by atoms with Gasteiger partial charge in [-0.3, -0.25) is 14.9 Å². The molecular formula is C29H25BrN2O4. The van der Waals surface area contributed by atoms with Crippen molar-refractivity contribution in [3.05, 3.63) is 112 Å². The van der Waals surface area contributed by atoms with Crippen LogP contribution >= 0.6 is 15.9 Å². The Labute approximate surface area is 218 Å². The van der Waals surface area contributed by atoms with E-state index >= 15 is 0 Å². The molecule has 0 atom stereocenters. The van der Waals surface area contributed by atoms with E-state index in [0.717, 1.165) is 28.0 Å². The Hall–Kier alpha value is -3.97. The van der Waals surface area contributed by atoms with Gasteiger partial charge >= 0.3 is 6.03 Å². The van der Waals surface area contributed by atoms with Crippen molar-refractivity contribution in [1.29, 1.82) is 0 Å². The molecule has 0 saturated carbocycles. The summed E-state index contributed by atoms with van der Waals surface area (Å²) >= 11 is 3.57. The lowest BCUT2D eigenvalue weighted by molar-refractivity contribution is -0.122. The fourth-order valence-corrected chi connectivity index (χ4v) is 4.53. The maximum atomic E-state index is 13.3. The average Bonchev–Trinajstić information content (AvgIpc) is 2.87. The Balaban J connectivity index is 1.66. The Kier molecular flexibility index (Phi) is 7.80. The van der Waals surface area contributed by atoms with Crippen LogP contribution in [-0.2, 0) is 29.0 Å². The SMILES string of the molecule is C=CCc1cc(/C=C2/C(=O)NC(=O)N(c3ccc(CC)cc3)C2=O)cc(Br)c1OCc1ccccc1. The number of nitrogens with one attached hydrogen (secondary N) is 1. The minimum Gasteiger partial charge on any atom is -0.487 e. The Morgan fingerprint density at radius 2 is 1.72 bits per heavy atom. The van der Waals surface area contributed by atoms with Crippen LogP contribution in [0.4, 0.5) is 10.5 Å². The first-order chi connectivity index (χ1) is 17.4. The minimum absolute atomic E-state index is 0.136. The molecule has 1 heterocycles. The molecule has 1 fully saturated rings. The lowest BCUT2D eigenvalue weighted by Crippen LogP contribution is -2.54. The summed E-state index contributed by atoms with van der Waals surface area (Å²) < 4.78 is 6.76. The van der Waals surface area contributed by atoms with Crippen molar-refractivity contribution in [3.63, 3.8) is 0 Å². The van der Waals surface area contributed by atoms with Crippen LogP contribution in [0, 0.1) is 0 Å². The molecular weight excluding hydrogens is 520 g/mol. The molecule has 1 saturated heterocycles. The number of carbonyl (C=O) groups excluding carboxylic acids is 3. The number of ether oxygens (including phenoxy) is 1. The van der Waals surface area contributed by atoms with Crippen LogP contribution in [0.1, 0.15) is 29.2 Å². The maximum Gasteiger partial charge on any atom is 0.335 e. The van der Waals surface area contributed by atoms with Gasteiger partial charge in [0.1, 0.15) is 17.9 Å². The summed E-state index contributed by atoms with van der Waals surface area (Å²) in [5, 5.41) is 2.27. The van der Waals surface area contributed by atoms with Crippen molar-refractivity contribution < 1.29 is 19.1 Å². The third-order valence-electron chi connectivity index (χ3n) is 5.75. The quantitative estimate of drug-likeness (QED) is 0.215. The lowest BCUT2D eigenvalue weighted by Gasteiger charge is -2.26. The van der Waals surface area contributed by atoms with Gasteiger partial charge in [0.2, 0.25) is 0 Å². The van der Waals surface area contributed by atoms with Gasteiger partial charge in [0.25, 0.3) is 11.8 Å². The predicted octanol–water partition coefficient (Wildman–Crippen LogP) is 5.99. The molecule has 1 N–H and O–H groups in total. The zero-order valence-electron chi connectivity index (χ0n) is 19.8. The summed E-state index contributed by atoms with van der Waals surface area (Å²) in [6, 6.07) is 19.7. The van der Waals surface area contributed by atoms with Gasteiger partial charge in [-0.2, -0.15) is 0 Å². The van der Waals surface area contributed by atoms with E-state index in [2.05, 4.69) is 27.8 Å². The number of hydrogen-bond donors (Lipinski definition) is 1. The number of amides is 4. The summed E-state index contributed by atoms with van der Waals surface area (Å²) in [5.74, 6) is -0.760. The van der Waals surface area contributed by atoms with Gasteiger partial charge in [0.05, 0.1) is 10.2 Å². The Morgan fingerprint density at radius 1 is 1.00 bits per heavy atom. The molecule has 36 heavy (non-hydrogen) atoms.